The molecule has 1 heterocycles. The van der Waals surface area contributed by atoms with Gasteiger partial charge in [-0.05, 0) is 32.1 Å². The van der Waals surface area contributed by atoms with Crippen LogP contribution in [-0.2, 0) is 17.6 Å². The first-order valence-electron chi connectivity index (χ1n) is 7.36. The molecule has 0 aliphatic heterocycles. The summed E-state index contributed by atoms with van der Waals surface area (Å²) in [6.07, 6.45) is 5.76. The molecule has 0 saturated heterocycles. The second kappa shape index (κ2) is 7.40. The summed E-state index contributed by atoms with van der Waals surface area (Å²) in [6, 6.07) is -0.720. The third-order valence-corrected chi connectivity index (χ3v) is 4.53. The molecule has 0 fully saturated rings. The normalized spacial score (nSPS) is 15.1. The van der Waals surface area contributed by atoms with Crippen LogP contribution >= 0.6 is 11.3 Å². The Bertz CT molecular complexity index is 492. The second-order valence-electron chi connectivity index (χ2n) is 5.28. The summed E-state index contributed by atoms with van der Waals surface area (Å²) in [5.74, 6) is -0.904. The Kier molecular flexibility index (Phi) is 5.55. The highest BCUT2D eigenvalue weighted by molar-refractivity contribution is 7.15. The van der Waals surface area contributed by atoms with Crippen LogP contribution in [0, 0.1) is 0 Å². The lowest BCUT2D eigenvalue weighted by molar-refractivity contribution is -0.137. The van der Waals surface area contributed by atoms with Crippen LogP contribution in [0.2, 0.25) is 0 Å². The highest BCUT2D eigenvalue weighted by atomic mass is 32.1. The number of aryl methyl sites for hydroxylation is 2. The fourth-order valence-corrected chi connectivity index (χ4v) is 3.55. The van der Waals surface area contributed by atoms with Gasteiger partial charge in [-0.15, -0.1) is 11.3 Å². The van der Waals surface area contributed by atoms with Crippen molar-refractivity contribution in [1.29, 1.82) is 0 Å². The van der Waals surface area contributed by atoms with Crippen molar-refractivity contribution in [1.82, 2.24) is 10.3 Å². The number of hydrogen-bond acceptors (Lipinski definition) is 4. The van der Waals surface area contributed by atoms with Crippen LogP contribution < -0.4 is 10.6 Å². The number of fused-ring (bicyclic) bond motifs is 1. The van der Waals surface area contributed by atoms with Crippen molar-refractivity contribution in [3.63, 3.8) is 0 Å². The molecule has 0 radical (unpaired) electrons. The summed E-state index contributed by atoms with van der Waals surface area (Å²) in [6.45, 7) is 1.96. The van der Waals surface area contributed by atoms with E-state index in [0.717, 1.165) is 31.4 Å². The van der Waals surface area contributed by atoms with Crippen molar-refractivity contribution in [2.24, 2.45) is 0 Å². The van der Waals surface area contributed by atoms with Gasteiger partial charge in [0.05, 0.1) is 12.1 Å². The lowest BCUT2D eigenvalue weighted by Gasteiger charge is -2.15. The Hall–Kier alpha value is -1.63. The van der Waals surface area contributed by atoms with Crippen molar-refractivity contribution in [3.8, 4) is 0 Å². The average molecular weight is 311 g/mol. The van der Waals surface area contributed by atoms with Crippen LogP contribution in [-0.4, -0.2) is 28.1 Å². The van der Waals surface area contributed by atoms with Gasteiger partial charge in [0.25, 0.3) is 0 Å². The zero-order chi connectivity index (χ0) is 15.2. The average Bonchev–Trinajstić information content (AvgIpc) is 2.79. The first-order chi connectivity index (χ1) is 10.1. The molecule has 6 nitrogen and oxygen atoms in total. The van der Waals surface area contributed by atoms with E-state index in [-0.39, 0.29) is 18.5 Å². The maximum absolute atomic E-state index is 11.9. The summed E-state index contributed by atoms with van der Waals surface area (Å²) in [7, 11) is 0. The third-order valence-electron chi connectivity index (χ3n) is 3.46. The minimum Gasteiger partial charge on any atom is -0.481 e. The van der Waals surface area contributed by atoms with Crippen LogP contribution in [0.25, 0.3) is 0 Å². The molecule has 1 aliphatic rings. The topological polar surface area (TPSA) is 91.3 Å². The standard InChI is InChI=1S/C14H21N3O3S/c1-2-5-9(8-12(18)19)15-13(20)17-14-16-10-6-3-4-7-11(10)21-14/h9H,2-8H2,1H3,(H,18,19)(H2,15,16,17,20). The van der Waals surface area contributed by atoms with E-state index in [2.05, 4.69) is 15.6 Å². The number of thiazole rings is 1. The Morgan fingerprint density at radius 1 is 1.38 bits per heavy atom. The molecule has 1 atom stereocenters. The van der Waals surface area contributed by atoms with Gasteiger partial charge in [-0.2, -0.15) is 0 Å². The molecule has 0 saturated carbocycles. The predicted molar refractivity (Wildman–Crippen MR) is 81.9 cm³/mol. The van der Waals surface area contributed by atoms with Crippen molar-refractivity contribution >= 4 is 28.5 Å². The third kappa shape index (κ3) is 4.70. The van der Waals surface area contributed by atoms with Gasteiger partial charge in [-0.3, -0.25) is 10.1 Å². The number of nitrogens with one attached hydrogen (secondary N) is 2. The number of hydrogen-bond donors (Lipinski definition) is 3. The molecule has 1 unspecified atom stereocenters. The monoisotopic (exact) mass is 311 g/mol. The van der Waals surface area contributed by atoms with Gasteiger partial charge in [0.1, 0.15) is 0 Å². The fraction of sp³-hybridized carbons (Fsp3) is 0.643. The van der Waals surface area contributed by atoms with Crippen LogP contribution in [0.1, 0.15) is 49.6 Å². The number of amides is 2. The van der Waals surface area contributed by atoms with Crippen LogP contribution in [0.4, 0.5) is 9.93 Å². The lowest BCUT2D eigenvalue weighted by atomic mass is 10.0. The first kappa shape index (κ1) is 15.8. The molecular weight excluding hydrogens is 290 g/mol. The van der Waals surface area contributed by atoms with Gasteiger partial charge in [0, 0.05) is 10.9 Å². The van der Waals surface area contributed by atoms with Crippen molar-refractivity contribution in [2.45, 2.75) is 57.9 Å². The highest BCUT2D eigenvalue weighted by Gasteiger charge is 2.18. The largest absolute Gasteiger partial charge is 0.481 e. The van der Waals surface area contributed by atoms with Crippen LogP contribution in [0.3, 0.4) is 0 Å². The zero-order valence-corrected chi connectivity index (χ0v) is 13.0. The van der Waals surface area contributed by atoms with Gasteiger partial charge < -0.3 is 10.4 Å². The number of carboxylic acids is 1. The number of carbonyl (C=O) groups is 2. The lowest BCUT2D eigenvalue weighted by Crippen LogP contribution is -2.39. The van der Waals surface area contributed by atoms with Crippen molar-refractivity contribution < 1.29 is 14.7 Å². The van der Waals surface area contributed by atoms with E-state index in [1.54, 1.807) is 0 Å². The van der Waals surface area contributed by atoms with Gasteiger partial charge in [-0.25, -0.2) is 9.78 Å². The molecule has 116 valence electrons. The van der Waals surface area contributed by atoms with Crippen LogP contribution in [0.15, 0.2) is 0 Å². The Labute approximate surface area is 128 Å². The summed E-state index contributed by atoms with van der Waals surface area (Å²) in [4.78, 5) is 28.4. The van der Waals surface area contributed by atoms with Gasteiger partial charge >= 0.3 is 12.0 Å². The number of nitrogens with zero attached hydrogens (tertiary/aromatic N) is 1. The Morgan fingerprint density at radius 3 is 2.81 bits per heavy atom. The van der Waals surface area contributed by atoms with E-state index >= 15 is 0 Å². The molecule has 0 spiro atoms. The van der Waals surface area contributed by atoms with Crippen molar-refractivity contribution in [3.05, 3.63) is 10.6 Å². The number of urea groups is 1. The predicted octanol–water partition coefficient (Wildman–Crippen LogP) is 2.79. The van der Waals surface area contributed by atoms with E-state index in [1.807, 2.05) is 6.92 Å². The van der Waals surface area contributed by atoms with Gasteiger partial charge in [0.15, 0.2) is 5.13 Å². The summed E-state index contributed by atoms with van der Waals surface area (Å²) >= 11 is 1.52. The maximum atomic E-state index is 11.9. The molecule has 7 heteroatoms. The van der Waals surface area contributed by atoms with E-state index in [0.29, 0.717) is 11.6 Å². The Morgan fingerprint density at radius 2 is 2.14 bits per heavy atom. The second-order valence-corrected chi connectivity index (χ2v) is 6.36. The summed E-state index contributed by atoms with van der Waals surface area (Å²) in [5, 5.41) is 14.9. The van der Waals surface area contributed by atoms with Crippen LogP contribution in [0.5, 0.6) is 0 Å². The van der Waals surface area contributed by atoms with E-state index < -0.39 is 5.97 Å². The summed E-state index contributed by atoms with van der Waals surface area (Å²) in [5.41, 5.74) is 1.09. The molecule has 0 aromatic carbocycles. The molecule has 1 aromatic rings. The molecular formula is C14H21N3O3S. The molecule has 3 N–H and O–H groups in total. The van der Waals surface area contributed by atoms with Gasteiger partial charge in [0.2, 0.25) is 0 Å². The smallest absolute Gasteiger partial charge is 0.321 e. The Balaban J connectivity index is 1.90. The number of rotatable bonds is 6. The molecule has 2 amide bonds. The number of carbonyl (C=O) groups excluding carboxylic acids is 1. The van der Waals surface area contributed by atoms with Gasteiger partial charge in [-0.1, -0.05) is 13.3 Å². The minimum absolute atomic E-state index is 0.0599. The first-order valence-corrected chi connectivity index (χ1v) is 8.18. The fourth-order valence-electron chi connectivity index (χ4n) is 2.51. The number of carboxylic acid groups (broad SMARTS) is 1. The summed E-state index contributed by atoms with van der Waals surface area (Å²) < 4.78 is 0. The van der Waals surface area contributed by atoms with E-state index in [9.17, 15) is 9.59 Å². The molecule has 2 rings (SSSR count). The van der Waals surface area contributed by atoms with E-state index in [4.69, 9.17) is 5.11 Å². The molecule has 0 bridgehead atoms. The number of anilines is 1. The maximum Gasteiger partial charge on any atom is 0.321 e. The molecule has 1 aliphatic carbocycles. The van der Waals surface area contributed by atoms with Crippen molar-refractivity contribution in [2.75, 3.05) is 5.32 Å². The number of aromatic nitrogens is 1. The molecule has 21 heavy (non-hydrogen) atoms. The highest BCUT2D eigenvalue weighted by Crippen LogP contribution is 2.29. The van der Waals surface area contributed by atoms with E-state index in [1.165, 1.54) is 22.6 Å². The quantitative estimate of drug-likeness (QED) is 0.753. The zero-order valence-electron chi connectivity index (χ0n) is 12.1. The minimum atomic E-state index is -0.904. The number of aliphatic carboxylic acids is 1. The SMILES string of the molecule is CCCC(CC(=O)O)NC(=O)Nc1nc2c(s1)CCCC2. The molecule has 1 aromatic heterocycles.